The summed E-state index contributed by atoms with van der Waals surface area (Å²) >= 11 is 0. The molecule has 2 aromatic rings. The summed E-state index contributed by atoms with van der Waals surface area (Å²) in [4.78, 5) is 50.4. The average Bonchev–Trinajstić information content (AvgIpc) is 3.52. The number of carbonyl (C=O) groups is 3. The van der Waals surface area contributed by atoms with Crippen molar-refractivity contribution in [2.24, 2.45) is 11.8 Å². The fraction of sp³-hybridized carbons (Fsp3) is 0.667. The first-order chi connectivity index (χ1) is 25.9. The van der Waals surface area contributed by atoms with Crippen molar-refractivity contribution in [1.82, 2.24) is 25.2 Å². The number of benzene rings is 1. The van der Waals surface area contributed by atoms with Gasteiger partial charge in [0.25, 0.3) is 5.91 Å². The van der Waals surface area contributed by atoms with Crippen molar-refractivity contribution < 1.29 is 27.5 Å². The van der Waals surface area contributed by atoms with Crippen molar-refractivity contribution in [3.63, 3.8) is 0 Å². The van der Waals surface area contributed by atoms with Gasteiger partial charge in [-0.25, -0.2) is 13.4 Å². The molecule has 5 unspecified atom stereocenters. The summed E-state index contributed by atoms with van der Waals surface area (Å²) in [5, 5.41) is 7.79. The molecule has 1 aromatic carbocycles. The Kier molecular flexibility index (Phi) is 10.1. The highest BCUT2D eigenvalue weighted by Gasteiger charge is 2.59. The maximum absolute atomic E-state index is 14.9. The minimum Gasteiger partial charge on any atom is -0.483 e. The number of fused-ring (bicyclic) bond motifs is 5. The molecule has 1 spiro atoms. The van der Waals surface area contributed by atoms with Crippen molar-refractivity contribution in [2.75, 3.05) is 13.1 Å². The minimum atomic E-state index is -3.94. The largest absolute Gasteiger partial charge is 0.483 e. The molecule has 292 valence electrons. The highest BCUT2D eigenvalue weighted by Crippen LogP contribution is 2.47. The molecule has 1 saturated heterocycles. The van der Waals surface area contributed by atoms with Gasteiger partial charge in [-0.1, -0.05) is 68.9 Å². The van der Waals surface area contributed by atoms with Gasteiger partial charge in [0.05, 0.1) is 28.5 Å². The molecular formula is C42H57N5O6S. The number of nitrogens with one attached hydrogen (secondary N) is 3. The summed E-state index contributed by atoms with van der Waals surface area (Å²) in [6.45, 7) is 4.59. The third-order valence-corrected chi connectivity index (χ3v) is 15.9. The number of para-hydroxylation sites is 1. The Labute approximate surface area is 319 Å². The lowest BCUT2D eigenvalue weighted by Crippen LogP contribution is -2.70. The molecule has 8 rings (SSSR count). The van der Waals surface area contributed by atoms with E-state index >= 15 is 0 Å². The first kappa shape index (κ1) is 37.4. The van der Waals surface area contributed by atoms with Crippen LogP contribution in [0.2, 0.25) is 0 Å². The van der Waals surface area contributed by atoms with Crippen molar-refractivity contribution in [2.45, 2.75) is 151 Å². The van der Waals surface area contributed by atoms with Crippen LogP contribution in [0, 0.1) is 18.8 Å². The summed E-state index contributed by atoms with van der Waals surface area (Å²) < 4.78 is 35.0. The second-order valence-corrected chi connectivity index (χ2v) is 19.7. The zero-order valence-corrected chi connectivity index (χ0v) is 32.8. The van der Waals surface area contributed by atoms with Gasteiger partial charge in [0, 0.05) is 23.3 Å². The van der Waals surface area contributed by atoms with E-state index in [0.717, 1.165) is 66.6 Å². The normalized spacial score (nSPS) is 31.4. The van der Waals surface area contributed by atoms with Crippen LogP contribution >= 0.6 is 0 Å². The second kappa shape index (κ2) is 14.5. The Balaban J connectivity index is 1.12. The van der Waals surface area contributed by atoms with Gasteiger partial charge in [0.15, 0.2) is 0 Å². The Hall–Kier alpha value is -3.51. The lowest BCUT2D eigenvalue weighted by Gasteiger charge is -2.48. The summed E-state index contributed by atoms with van der Waals surface area (Å²) in [6.07, 6.45) is 17.9. The third kappa shape index (κ3) is 6.94. The maximum Gasteiger partial charge on any atom is 0.259 e. The number of ether oxygens (including phenoxy) is 1. The van der Waals surface area contributed by atoms with Crippen LogP contribution in [0.4, 0.5) is 0 Å². The van der Waals surface area contributed by atoms with Gasteiger partial charge in [-0.2, -0.15) is 0 Å². The van der Waals surface area contributed by atoms with Crippen LogP contribution in [0.5, 0.6) is 5.75 Å². The van der Waals surface area contributed by atoms with Crippen LogP contribution in [0.1, 0.15) is 121 Å². The monoisotopic (exact) mass is 759 g/mol. The molecule has 4 fully saturated rings. The maximum atomic E-state index is 14.9. The number of hydrogen-bond donors (Lipinski definition) is 3. The van der Waals surface area contributed by atoms with Gasteiger partial charge < -0.3 is 20.3 Å². The number of hydrogen-bond acceptors (Lipinski definition) is 8. The molecule has 0 bridgehead atoms. The van der Waals surface area contributed by atoms with E-state index in [1.54, 1.807) is 11.8 Å². The number of rotatable bonds is 7. The zero-order valence-electron chi connectivity index (χ0n) is 32.0. The quantitative estimate of drug-likeness (QED) is 0.313. The Morgan fingerprint density at radius 3 is 2.56 bits per heavy atom. The lowest BCUT2D eigenvalue weighted by molar-refractivity contribution is -0.144. The Morgan fingerprint density at radius 2 is 1.80 bits per heavy atom. The van der Waals surface area contributed by atoms with E-state index in [2.05, 4.69) is 27.5 Å². The van der Waals surface area contributed by atoms with Crippen LogP contribution in [-0.2, 0) is 30.8 Å². The van der Waals surface area contributed by atoms with Gasteiger partial charge in [-0.3, -0.25) is 19.1 Å². The number of pyridine rings is 1. The van der Waals surface area contributed by atoms with E-state index < -0.39 is 49.8 Å². The molecule has 12 heteroatoms. The van der Waals surface area contributed by atoms with Crippen LogP contribution in [0.3, 0.4) is 0 Å². The van der Waals surface area contributed by atoms with Gasteiger partial charge in [0.2, 0.25) is 21.8 Å². The molecule has 6 aliphatic rings. The van der Waals surface area contributed by atoms with E-state index in [9.17, 15) is 22.8 Å². The third-order valence-electron chi connectivity index (χ3n) is 13.8. The molecule has 5 atom stereocenters. The smallest absolute Gasteiger partial charge is 0.259 e. The second-order valence-electron chi connectivity index (χ2n) is 17.5. The first-order valence-electron chi connectivity index (χ1n) is 20.6. The highest BCUT2D eigenvalue weighted by molar-refractivity contribution is 7.91. The van der Waals surface area contributed by atoms with Crippen molar-refractivity contribution in [3.05, 3.63) is 47.7 Å². The van der Waals surface area contributed by atoms with Crippen molar-refractivity contribution in [1.29, 1.82) is 0 Å². The van der Waals surface area contributed by atoms with Gasteiger partial charge in [0.1, 0.15) is 22.9 Å². The number of amides is 3. The molecule has 3 amide bonds. The summed E-state index contributed by atoms with van der Waals surface area (Å²) in [5.74, 6) is -0.197. The van der Waals surface area contributed by atoms with Crippen molar-refractivity contribution >= 4 is 38.6 Å². The molecule has 54 heavy (non-hydrogen) atoms. The number of sulfonamides is 1. The molecule has 4 heterocycles. The highest BCUT2D eigenvalue weighted by atomic mass is 32.2. The lowest BCUT2D eigenvalue weighted by atomic mass is 9.65. The number of aryl methyl sites for hydroxylation is 2. The van der Waals surface area contributed by atoms with Crippen molar-refractivity contribution in [3.8, 4) is 5.75 Å². The summed E-state index contributed by atoms with van der Waals surface area (Å²) in [6, 6.07) is 6.71. The number of nitrogens with zero attached hydrogens (tertiary/aromatic N) is 2. The Bertz CT molecular complexity index is 1940. The van der Waals surface area contributed by atoms with Crippen LogP contribution in [0.15, 0.2) is 36.4 Å². The fourth-order valence-electron chi connectivity index (χ4n) is 9.83. The predicted molar refractivity (Wildman–Crippen MR) is 207 cm³/mol. The number of allylic oxidation sites excluding steroid dienone is 1. The molecule has 3 N–H and O–H groups in total. The number of carbonyl (C=O) groups excluding carboxylic acids is 3. The average molecular weight is 760 g/mol. The summed E-state index contributed by atoms with van der Waals surface area (Å²) in [5.41, 5.74) is 0.534. The van der Waals surface area contributed by atoms with Gasteiger partial charge >= 0.3 is 0 Å². The minimum absolute atomic E-state index is 0.109. The van der Waals surface area contributed by atoms with Crippen LogP contribution in [0.25, 0.3) is 10.9 Å². The van der Waals surface area contributed by atoms with E-state index in [1.165, 1.54) is 25.7 Å². The Morgan fingerprint density at radius 1 is 1.02 bits per heavy atom. The molecular weight excluding hydrogens is 703 g/mol. The molecule has 1 aromatic heterocycles. The van der Waals surface area contributed by atoms with Gasteiger partial charge in [-0.05, 0) is 96.6 Å². The SMILES string of the molecule is Cc1nc2ccccc2c2c1OC1(CC2)CC2C(=O)NC3(C(=O)NS(=O)(=O)C4(C)CC4)CCC3C=CCCCCCC(NCCC3CCCC3)C(=O)N2C1. The topological polar surface area (TPSA) is 147 Å². The van der Waals surface area contributed by atoms with Crippen LogP contribution in [-0.4, -0.2) is 77.1 Å². The van der Waals surface area contributed by atoms with E-state index in [0.29, 0.717) is 50.9 Å². The first-order valence-corrected chi connectivity index (χ1v) is 22.1. The zero-order chi connectivity index (χ0) is 37.7. The number of aromatic nitrogens is 1. The van der Waals surface area contributed by atoms with E-state index in [1.807, 2.05) is 31.2 Å². The fourth-order valence-corrected chi connectivity index (χ4v) is 11.1. The van der Waals surface area contributed by atoms with E-state index in [4.69, 9.17) is 9.72 Å². The molecule has 0 radical (unpaired) electrons. The summed E-state index contributed by atoms with van der Waals surface area (Å²) in [7, 11) is -3.94. The molecule has 3 aliphatic heterocycles. The van der Waals surface area contributed by atoms with E-state index in [-0.39, 0.29) is 24.8 Å². The predicted octanol–water partition coefficient (Wildman–Crippen LogP) is 5.53. The van der Waals surface area contributed by atoms with Gasteiger partial charge in [-0.15, -0.1) is 0 Å². The molecule has 3 aliphatic carbocycles. The molecule has 3 saturated carbocycles. The standard InChI is InChI=1S/C42H57N5O6S/c1-28-36-32(31-15-10-11-16-33(31)44-28)19-21-41(53-36)26-35-37(48)45-42(39(50)46-54(51,52)40(2)23-24-40)22-18-30(42)14-6-4-3-5-7-17-34(38(49)47(35)27-41)43-25-20-29-12-8-9-13-29/h6,10-11,14-16,29-30,34-35,43H,3-5,7-9,12-13,17-27H2,1-2H3,(H,45,48)(H,46,50). The molecule has 11 nitrogen and oxygen atoms in total. The van der Waals surface area contributed by atoms with Crippen LogP contribution < -0.4 is 20.1 Å².